The maximum absolute atomic E-state index is 12.9. The molecule has 6 heteroatoms. The third-order valence-electron chi connectivity index (χ3n) is 5.56. The van der Waals surface area contributed by atoms with E-state index in [1.54, 1.807) is 12.1 Å². The molecule has 2 saturated heterocycles. The predicted molar refractivity (Wildman–Crippen MR) is 98.3 cm³/mol. The van der Waals surface area contributed by atoms with Crippen LogP contribution in [-0.2, 0) is 0 Å². The van der Waals surface area contributed by atoms with Crippen molar-refractivity contribution in [3.63, 3.8) is 0 Å². The van der Waals surface area contributed by atoms with Crippen LogP contribution < -0.4 is 5.32 Å². The monoisotopic (exact) mass is 348 g/mol. The summed E-state index contributed by atoms with van der Waals surface area (Å²) in [6, 6.07) is 7.16. The van der Waals surface area contributed by atoms with Gasteiger partial charge in [-0.05, 0) is 51.0 Å². The maximum Gasteiger partial charge on any atom is 0.321 e. The Balaban J connectivity index is 1.40. The van der Waals surface area contributed by atoms with Crippen molar-refractivity contribution in [2.45, 2.75) is 38.8 Å². The quantitative estimate of drug-likeness (QED) is 0.909. The van der Waals surface area contributed by atoms with Crippen molar-refractivity contribution in [3.05, 3.63) is 30.1 Å². The first kappa shape index (κ1) is 18.1. The molecule has 5 nitrogen and oxygen atoms in total. The van der Waals surface area contributed by atoms with Gasteiger partial charge >= 0.3 is 6.03 Å². The number of halogens is 1. The molecule has 0 saturated carbocycles. The number of urea groups is 1. The largest absolute Gasteiger partial charge is 0.322 e. The third kappa shape index (κ3) is 4.70. The summed E-state index contributed by atoms with van der Waals surface area (Å²) < 4.78 is 12.9. The van der Waals surface area contributed by atoms with Gasteiger partial charge in [0.25, 0.3) is 0 Å². The molecule has 0 aliphatic carbocycles. The number of likely N-dealkylation sites (tertiary alicyclic amines) is 1. The predicted octanol–water partition coefficient (Wildman–Crippen LogP) is 2.85. The average molecular weight is 348 g/mol. The van der Waals surface area contributed by atoms with Gasteiger partial charge in [0.2, 0.25) is 0 Å². The molecular weight excluding hydrogens is 319 g/mol. The standard InChI is InChI=1S/C19H29FN4O/c1-15-3-4-16(2)24(15)14-11-22-9-12-23(13-10-22)19(25)21-18-7-5-17(20)6-8-18/h5-8,15-16H,3-4,9-14H2,1-2H3,(H,21,25)/t15-,16-/m1/s1. The number of nitrogens with zero attached hydrogens (tertiary/aromatic N) is 3. The molecule has 3 rings (SSSR count). The molecule has 2 aliphatic heterocycles. The molecule has 2 heterocycles. The van der Waals surface area contributed by atoms with Crippen LogP contribution in [0.1, 0.15) is 26.7 Å². The lowest BCUT2D eigenvalue weighted by Gasteiger charge is -2.36. The van der Waals surface area contributed by atoms with Gasteiger partial charge < -0.3 is 10.2 Å². The highest BCUT2D eigenvalue weighted by Gasteiger charge is 2.28. The Kier molecular flexibility index (Phi) is 5.91. The van der Waals surface area contributed by atoms with Crippen molar-refractivity contribution in [2.75, 3.05) is 44.6 Å². The van der Waals surface area contributed by atoms with Crippen LogP contribution in [-0.4, -0.2) is 72.1 Å². The second-order valence-corrected chi connectivity index (χ2v) is 7.28. The van der Waals surface area contributed by atoms with Gasteiger partial charge in [0.1, 0.15) is 5.82 Å². The highest BCUT2D eigenvalue weighted by Crippen LogP contribution is 2.22. The molecule has 2 aliphatic rings. The summed E-state index contributed by atoms with van der Waals surface area (Å²) in [6.07, 6.45) is 2.61. The number of benzene rings is 1. The van der Waals surface area contributed by atoms with E-state index in [-0.39, 0.29) is 11.8 Å². The number of carbonyl (C=O) groups excluding carboxylic acids is 1. The van der Waals surface area contributed by atoms with Crippen LogP contribution in [0.25, 0.3) is 0 Å². The lowest BCUT2D eigenvalue weighted by Crippen LogP contribution is -2.51. The minimum absolute atomic E-state index is 0.104. The van der Waals surface area contributed by atoms with Crippen LogP contribution in [0.3, 0.4) is 0 Å². The summed E-state index contributed by atoms with van der Waals surface area (Å²) in [5.41, 5.74) is 0.630. The number of hydrogen-bond donors (Lipinski definition) is 1. The zero-order chi connectivity index (χ0) is 17.8. The Morgan fingerprint density at radius 1 is 1.04 bits per heavy atom. The molecule has 25 heavy (non-hydrogen) atoms. The first-order valence-corrected chi connectivity index (χ1v) is 9.32. The molecule has 0 radical (unpaired) electrons. The molecule has 0 aromatic heterocycles. The van der Waals surface area contributed by atoms with E-state index >= 15 is 0 Å². The Morgan fingerprint density at radius 3 is 2.24 bits per heavy atom. The van der Waals surface area contributed by atoms with Crippen molar-refractivity contribution in [3.8, 4) is 0 Å². The van der Waals surface area contributed by atoms with Gasteiger partial charge in [-0.25, -0.2) is 9.18 Å². The average Bonchev–Trinajstić information content (AvgIpc) is 2.93. The topological polar surface area (TPSA) is 38.8 Å². The Hall–Kier alpha value is -1.66. The minimum atomic E-state index is -0.298. The number of hydrogen-bond acceptors (Lipinski definition) is 3. The van der Waals surface area contributed by atoms with E-state index in [9.17, 15) is 9.18 Å². The van der Waals surface area contributed by atoms with Crippen LogP contribution in [0.5, 0.6) is 0 Å². The number of nitrogens with one attached hydrogen (secondary N) is 1. The molecule has 2 amide bonds. The fraction of sp³-hybridized carbons (Fsp3) is 0.632. The molecule has 0 bridgehead atoms. The van der Waals surface area contributed by atoms with Crippen molar-refractivity contribution in [1.29, 1.82) is 0 Å². The van der Waals surface area contributed by atoms with E-state index < -0.39 is 0 Å². The van der Waals surface area contributed by atoms with Crippen molar-refractivity contribution < 1.29 is 9.18 Å². The van der Waals surface area contributed by atoms with Crippen LogP contribution >= 0.6 is 0 Å². The van der Waals surface area contributed by atoms with Gasteiger partial charge in [0.15, 0.2) is 0 Å². The van der Waals surface area contributed by atoms with Crippen LogP contribution in [0.2, 0.25) is 0 Å². The highest BCUT2D eigenvalue weighted by atomic mass is 19.1. The normalized spacial score (nSPS) is 25.3. The second-order valence-electron chi connectivity index (χ2n) is 7.28. The van der Waals surface area contributed by atoms with Crippen molar-refractivity contribution >= 4 is 11.7 Å². The zero-order valence-corrected chi connectivity index (χ0v) is 15.2. The third-order valence-corrected chi connectivity index (χ3v) is 5.56. The lowest BCUT2D eigenvalue weighted by molar-refractivity contribution is 0.123. The SMILES string of the molecule is C[C@@H]1CC[C@@H](C)N1CCN1CCN(C(=O)Nc2ccc(F)cc2)CC1. The zero-order valence-electron chi connectivity index (χ0n) is 15.2. The van der Waals surface area contributed by atoms with Gasteiger partial charge in [-0.2, -0.15) is 0 Å². The summed E-state index contributed by atoms with van der Waals surface area (Å²) in [4.78, 5) is 19.2. The molecular formula is C19H29FN4O. The Bertz CT molecular complexity index is 561. The van der Waals surface area contributed by atoms with E-state index in [1.165, 1.54) is 25.0 Å². The van der Waals surface area contributed by atoms with Crippen LogP contribution in [0.15, 0.2) is 24.3 Å². The molecule has 138 valence electrons. The summed E-state index contributed by atoms with van der Waals surface area (Å²) in [7, 11) is 0. The molecule has 2 atom stereocenters. The second kappa shape index (κ2) is 8.15. The van der Waals surface area contributed by atoms with Crippen molar-refractivity contribution in [2.24, 2.45) is 0 Å². The number of rotatable bonds is 4. The fourth-order valence-electron chi connectivity index (χ4n) is 3.86. The number of amides is 2. The van der Waals surface area contributed by atoms with Gasteiger partial charge in [0, 0.05) is 57.0 Å². The number of piperazine rings is 1. The van der Waals surface area contributed by atoms with Crippen LogP contribution in [0.4, 0.5) is 14.9 Å². The lowest BCUT2D eigenvalue weighted by atomic mass is 10.2. The summed E-state index contributed by atoms with van der Waals surface area (Å²) in [6.45, 7) is 10.1. The van der Waals surface area contributed by atoms with E-state index in [2.05, 4.69) is 29.0 Å². The van der Waals surface area contributed by atoms with Gasteiger partial charge in [-0.15, -0.1) is 0 Å². The van der Waals surface area contributed by atoms with E-state index in [0.717, 1.165) is 39.3 Å². The molecule has 2 fully saturated rings. The number of carbonyl (C=O) groups is 1. The van der Waals surface area contributed by atoms with E-state index in [1.807, 2.05) is 4.90 Å². The van der Waals surface area contributed by atoms with Gasteiger partial charge in [-0.1, -0.05) is 0 Å². The number of anilines is 1. The van der Waals surface area contributed by atoms with E-state index in [0.29, 0.717) is 17.8 Å². The first-order chi connectivity index (χ1) is 12.0. The Labute approximate surface area is 149 Å². The summed E-state index contributed by atoms with van der Waals surface area (Å²) >= 11 is 0. The van der Waals surface area contributed by atoms with Gasteiger partial charge in [-0.3, -0.25) is 9.80 Å². The molecule has 1 aromatic carbocycles. The molecule has 1 N–H and O–H groups in total. The van der Waals surface area contributed by atoms with Gasteiger partial charge in [0.05, 0.1) is 0 Å². The Morgan fingerprint density at radius 2 is 1.64 bits per heavy atom. The summed E-state index contributed by atoms with van der Waals surface area (Å²) in [5.74, 6) is -0.298. The molecule has 1 aromatic rings. The fourth-order valence-corrected chi connectivity index (χ4v) is 3.86. The molecule has 0 spiro atoms. The maximum atomic E-state index is 12.9. The highest BCUT2D eigenvalue weighted by molar-refractivity contribution is 5.89. The summed E-state index contributed by atoms with van der Waals surface area (Å²) in [5, 5.41) is 2.84. The van der Waals surface area contributed by atoms with Crippen LogP contribution in [0, 0.1) is 5.82 Å². The smallest absolute Gasteiger partial charge is 0.321 e. The van der Waals surface area contributed by atoms with Crippen molar-refractivity contribution in [1.82, 2.24) is 14.7 Å². The minimum Gasteiger partial charge on any atom is -0.322 e. The van der Waals surface area contributed by atoms with E-state index in [4.69, 9.17) is 0 Å². The first-order valence-electron chi connectivity index (χ1n) is 9.32. The molecule has 0 unspecified atom stereocenters.